The zero-order chi connectivity index (χ0) is 15.4. The largest absolute Gasteiger partial charge is 0.289 e. The van der Waals surface area contributed by atoms with E-state index in [-0.39, 0.29) is 17.6 Å². The fourth-order valence-electron chi connectivity index (χ4n) is 3.61. The summed E-state index contributed by atoms with van der Waals surface area (Å²) < 4.78 is 0. The van der Waals surface area contributed by atoms with Crippen molar-refractivity contribution in [3.05, 3.63) is 44.6 Å². The molecule has 0 aliphatic heterocycles. The molecule has 0 spiro atoms. The van der Waals surface area contributed by atoms with Gasteiger partial charge in [-0.3, -0.25) is 4.79 Å². The molecule has 2 aliphatic carbocycles. The number of hydrogen-bond acceptors (Lipinski definition) is 1. The van der Waals surface area contributed by atoms with Crippen molar-refractivity contribution < 1.29 is 4.79 Å². The molecular formula is C19H26O. The second kappa shape index (κ2) is 4.87. The van der Waals surface area contributed by atoms with Gasteiger partial charge in [-0.2, -0.15) is 0 Å². The van der Waals surface area contributed by atoms with Crippen LogP contribution < -0.4 is 0 Å². The second-order valence-electron chi connectivity index (χ2n) is 6.47. The molecule has 1 nitrogen and oxygen atoms in total. The van der Waals surface area contributed by atoms with Crippen molar-refractivity contribution >= 4 is 5.78 Å². The number of carbonyl (C=O) groups excluding carboxylic acids is 1. The van der Waals surface area contributed by atoms with Gasteiger partial charge in [-0.1, -0.05) is 25.0 Å². The molecule has 0 radical (unpaired) electrons. The van der Waals surface area contributed by atoms with Crippen molar-refractivity contribution in [2.75, 3.05) is 0 Å². The minimum Gasteiger partial charge on any atom is -0.289 e. The summed E-state index contributed by atoms with van der Waals surface area (Å²) in [6.07, 6.45) is 0. The summed E-state index contributed by atoms with van der Waals surface area (Å²) >= 11 is 0. The third-order valence-electron chi connectivity index (χ3n) is 5.77. The highest BCUT2D eigenvalue weighted by Crippen LogP contribution is 2.43. The van der Waals surface area contributed by atoms with Crippen LogP contribution in [-0.4, -0.2) is 5.78 Å². The Bertz CT molecular complexity index is 566. The first-order chi connectivity index (χ1) is 9.20. The Hall–Kier alpha value is -1.37. The van der Waals surface area contributed by atoms with Gasteiger partial charge in [0.2, 0.25) is 0 Å². The summed E-state index contributed by atoms with van der Waals surface area (Å²) in [7, 11) is 0. The molecule has 0 aromatic heterocycles. The molecule has 0 heterocycles. The van der Waals surface area contributed by atoms with E-state index < -0.39 is 0 Å². The molecule has 0 aromatic carbocycles. The standard InChI is InChI=1S/C19H26O/c1-9-10(2)14(6)17(13(9)5)19(20)18-15(7)11(3)12(4)16(18)8/h13,15H,1-8H3. The molecule has 20 heavy (non-hydrogen) atoms. The average molecular weight is 270 g/mol. The lowest BCUT2D eigenvalue weighted by atomic mass is 9.85. The van der Waals surface area contributed by atoms with Crippen molar-refractivity contribution in [2.45, 2.75) is 55.4 Å². The third-order valence-corrected chi connectivity index (χ3v) is 5.77. The first-order valence-electron chi connectivity index (χ1n) is 7.51. The molecule has 0 amide bonds. The Labute approximate surface area is 123 Å². The molecule has 0 aromatic rings. The van der Waals surface area contributed by atoms with Gasteiger partial charge in [-0.25, -0.2) is 0 Å². The predicted molar refractivity (Wildman–Crippen MR) is 85.5 cm³/mol. The first kappa shape index (κ1) is 15.0. The van der Waals surface area contributed by atoms with Gasteiger partial charge in [0.15, 0.2) is 5.78 Å². The van der Waals surface area contributed by atoms with Gasteiger partial charge < -0.3 is 0 Å². The fourth-order valence-corrected chi connectivity index (χ4v) is 3.61. The minimum atomic E-state index is 0.260. The lowest BCUT2D eigenvalue weighted by molar-refractivity contribution is -0.113. The summed E-state index contributed by atoms with van der Waals surface area (Å²) in [5.41, 5.74) is 9.70. The fraction of sp³-hybridized carbons (Fsp3) is 0.526. The first-order valence-corrected chi connectivity index (χ1v) is 7.51. The zero-order valence-electron chi connectivity index (χ0n) is 14.1. The molecule has 0 saturated carbocycles. The van der Waals surface area contributed by atoms with Crippen molar-refractivity contribution in [3.8, 4) is 0 Å². The number of rotatable bonds is 2. The van der Waals surface area contributed by atoms with Gasteiger partial charge in [-0.15, -0.1) is 0 Å². The maximum absolute atomic E-state index is 13.1. The summed E-state index contributed by atoms with van der Waals surface area (Å²) in [5, 5.41) is 0. The van der Waals surface area contributed by atoms with E-state index in [0.29, 0.717) is 0 Å². The molecule has 108 valence electrons. The van der Waals surface area contributed by atoms with Crippen LogP contribution in [0.5, 0.6) is 0 Å². The van der Waals surface area contributed by atoms with Crippen LogP contribution in [0.2, 0.25) is 0 Å². The Morgan fingerprint density at radius 1 is 0.650 bits per heavy atom. The van der Waals surface area contributed by atoms with Gasteiger partial charge in [0.05, 0.1) is 0 Å². The van der Waals surface area contributed by atoms with Gasteiger partial charge in [0.1, 0.15) is 0 Å². The minimum absolute atomic E-state index is 0.260. The van der Waals surface area contributed by atoms with Crippen molar-refractivity contribution in [2.24, 2.45) is 11.8 Å². The number of ketones is 1. The normalized spacial score (nSPS) is 27.4. The Morgan fingerprint density at radius 3 is 1.15 bits per heavy atom. The van der Waals surface area contributed by atoms with Gasteiger partial charge >= 0.3 is 0 Å². The molecular weight excluding hydrogens is 244 g/mol. The van der Waals surface area contributed by atoms with Crippen LogP contribution in [0, 0.1) is 11.8 Å². The number of allylic oxidation sites excluding steroid dienone is 8. The molecule has 0 N–H and O–H groups in total. The van der Waals surface area contributed by atoms with E-state index in [4.69, 9.17) is 0 Å². The van der Waals surface area contributed by atoms with Crippen LogP contribution in [-0.2, 0) is 4.79 Å². The highest BCUT2D eigenvalue weighted by molar-refractivity contribution is 6.12. The number of carbonyl (C=O) groups is 1. The molecule has 0 bridgehead atoms. The van der Waals surface area contributed by atoms with E-state index in [1.54, 1.807) is 0 Å². The lowest BCUT2D eigenvalue weighted by Crippen LogP contribution is -2.16. The Balaban J connectivity index is 2.47. The van der Waals surface area contributed by atoms with Crippen molar-refractivity contribution in [3.63, 3.8) is 0 Å². The maximum Gasteiger partial charge on any atom is 0.186 e. The number of hydrogen-bond donors (Lipinski definition) is 0. The summed E-state index contributed by atoms with van der Waals surface area (Å²) in [6.45, 7) is 17.1. The van der Waals surface area contributed by atoms with Crippen molar-refractivity contribution in [1.29, 1.82) is 0 Å². The van der Waals surface area contributed by atoms with Crippen LogP contribution >= 0.6 is 0 Å². The molecule has 2 rings (SSSR count). The monoisotopic (exact) mass is 270 g/mol. The predicted octanol–water partition coefficient (Wildman–Crippen LogP) is 5.16. The molecule has 2 unspecified atom stereocenters. The van der Waals surface area contributed by atoms with Gasteiger partial charge in [0.25, 0.3) is 0 Å². The van der Waals surface area contributed by atoms with Crippen molar-refractivity contribution in [1.82, 2.24) is 0 Å². The van der Waals surface area contributed by atoms with Crippen LogP contribution in [0.1, 0.15) is 55.4 Å². The molecule has 0 fully saturated rings. The molecule has 2 atom stereocenters. The van der Waals surface area contributed by atoms with Gasteiger partial charge in [0, 0.05) is 23.0 Å². The summed E-state index contributed by atoms with van der Waals surface area (Å²) in [6, 6.07) is 0. The quantitative estimate of drug-likeness (QED) is 0.677. The Kier molecular flexibility index (Phi) is 3.66. The maximum atomic E-state index is 13.1. The SMILES string of the molecule is CC1=C(C)C(C)C(C(=O)C2=C(C)C(C)=C(C)C2C)=C1C. The van der Waals surface area contributed by atoms with Crippen LogP contribution in [0.15, 0.2) is 44.6 Å². The van der Waals surface area contributed by atoms with E-state index in [1.807, 2.05) is 0 Å². The van der Waals surface area contributed by atoms with Gasteiger partial charge in [-0.05, 0) is 63.8 Å². The smallest absolute Gasteiger partial charge is 0.186 e. The highest BCUT2D eigenvalue weighted by atomic mass is 16.1. The summed E-state index contributed by atoms with van der Waals surface area (Å²) in [5.74, 6) is 0.792. The summed E-state index contributed by atoms with van der Waals surface area (Å²) in [4.78, 5) is 13.1. The van der Waals surface area contributed by atoms with Crippen LogP contribution in [0.3, 0.4) is 0 Å². The molecule has 1 heteroatoms. The Morgan fingerprint density at radius 2 is 0.950 bits per heavy atom. The zero-order valence-corrected chi connectivity index (χ0v) is 14.1. The van der Waals surface area contributed by atoms with E-state index in [1.165, 1.54) is 33.4 Å². The second-order valence-corrected chi connectivity index (χ2v) is 6.47. The van der Waals surface area contributed by atoms with E-state index in [9.17, 15) is 4.79 Å². The van der Waals surface area contributed by atoms with Crippen LogP contribution in [0.4, 0.5) is 0 Å². The molecule has 0 saturated heterocycles. The highest BCUT2D eigenvalue weighted by Gasteiger charge is 2.35. The van der Waals surface area contributed by atoms with Crippen LogP contribution in [0.25, 0.3) is 0 Å². The lowest BCUT2D eigenvalue weighted by Gasteiger charge is -2.17. The third kappa shape index (κ3) is 1.87. The topological polar surface area (TPSA) is 17.1 Å². The van der Waals surface area contributed by atoms with E-state index >= 15 is 0 Å². The average Bonchev–Trinajstić information content (AvgIpc) is 2.71. The van der Waals surface area contributed by atoms with E-state index in [2.05, 4.69) is 55.4 Å². The number of Topliss-reactive ketones (excluding diaryl/α,β-unsaturated/α-hetero) is 1. The van der Waals surface area contributed by atoms with E-state index in [0.717, 1.165) is 11.1 Å². The molecule has 2 aliphatic rings.